The van der Waals surface area contributed by atoms with Crippen LogP contribution in [0, 0.1) is 12.7 Å². The van der Waals surface area contributed by atoms with Crippen LogP contribution in [0.25, 0.3) is 0 Å². The quantitative estimate of drug-likeness (QED) is 0.900. The summed E-state index contributed by atoms with van der Waals surface area (Å²) in [6, 6.07) is 13.8. The molecule has 1 atom stereocenters. The first-order chi connectivity index (χ1) is 12.0. The molecule has 0 saturated carbocycles. The van der Waals surface area contributed by atoms with Gasteiger partial charge in [0.05, 0.1) is 0 Å². The van der Waals surface area contributed by atoms with Gasteiger partial charge >= 0.3 is 0 Å². The molecule has 1 heterocycles. The van der Waals surface area contributed by atoms with Gasteiger partial charge in [-0.15, -0.1) is 0 Å². The summed E-state index contributed by atoms with van der Waals surface area (Å²) in [7, 11) is 0. The topological polar surface area (TPSA) is 58.2 Å². The van der Waals surface area contributed by atoms with Crippen molar-refractivity contribution in [3.05, 3.63) is 82.8 Å². The Kier molecular flexibility index (Phi) is 4.93. The summed E-state index contributed by atoms with van der Waals surface area (Å²) in [6.07, 6.45) is 1.54. The van der Waals surface area contributed by atoms with Gasteiger partial charge in [0, 0.05) is 30.7 Å². The van der Waals surface area contributed by atoms with Crippen molar-refractivity contribution in [3.63, 3.8) is 0 Å². The Morgan fingerprint density at radius 1 is 1.24 bits per heavy atom. The first kappa shape index (κ1) is 16.9. The van der Waals surface area contributed by atoms with Crippen molar-refractivity contribution < 1.29 is 14.0 Å². The normalized spacial score (nSPS) is 16.8. The maximum absolute atomic E-state index is 13.5. The molecule has 2 aromatic carbocycles. The number of nitrogens with one attached hydrogen (secondary N) is 2. The molecule has 0 aromatic heterocycles. The molecule has 0 saturated heterocycles. The van der Waals surface area contributed by atoms with Crippen molar-refractivity contribution >= 4 is 11.8 Å². The highest BCUT2D eigenvalue weighted by molar-refractivity contribution is 5.98. The lowest BCUT2D eigenvalue weighted by molar-refractivity contribution is -0.121. The van der Waals surface area contributed by atoms with E-state index in [4.69, 9.17) is 0 Å². The Hall–Kier alpha value is -2.95. The first-order valence-corrected chi connectivity index (χ1v) is 8.12. The molecule has 1 aliphatic rings. The molecule has 2 amide bonds. The third-order valence-electron chi connectivity index (χ3n) is 4.37. The van der Waals surface area contributed by atoms with E-state index in [0.717, 1.165) is 11.1 Å². The van der Waals surface area contributed by atoms with Gasteiger partial charge < -0.3 is 10.6 Å². The van der Waals surface area contributed by atoms with E-state index in [2.05, 4.69) is 10.6 Å². The Morgan fingerprint density at radius 2 is 2.04 bits per heavy atom. The number of carbonyl (C=O) groups is 2. The van der Waals surface area contributed by atoms with E-state index in [0.29, 0.717) is 17.7 Å². The van der Waals surface area contributed by atoms with Gasteiger partial charge in [0.2, 0.25) is 11.8 Å². The molecular weight excluding hydrogens is 319 g/mol. The molecule has 0 fully saturated rings. The number of hydrogen-bond donors (Lipinski definition) is 2. The minimum atomic E-state index is -0.457. The van der Waals surface area contributed by atoms with Gasteiger partial charge in [0.25, 0.3) is 0 Å². The predicted molar refractivity (Wildman–Crippen MR) is 93.0 cm³/mol. The van der Waals surface area contributed by atoms with Gasteiger partial charge in [-0.1, -0.05) is 36.4 Å². The summed E-state index contributed by atoms with van der Waals surface area (Å²) in [6.45, 7) is 2.38. The standard InChI is InChI=1S/C20H19FN2O2/c1-13-5-2-3-6-15(13)11-23-20(25)18-12-22-19(24)10-17(18)14-7-4-8-16(21)9-14/h2-9,12,17H,10-11H2,1H3,(H,22,24)(H,23,25). The lowest BCUT2D eigenvalue weighted by atomic mass is 9.86. The second-order valence-electron chi connectivity index (χ2n) is 6.09. The van der Waals surface area contributed by atoms with Gasteiger partial charge in [-0.2, -0.15) is 0 Å². The number of aryl methyl sites for hydroxylation is 1. The number of halogens is 1. The van der Waals surface area contributed by atoms with Crippen molar-refractivity contribution in [1.29, 1.82) is 0 Å². The zero-order valence-electron chi connectivity index (χ0n) is 13.9. The van der Waals surface area contributed by atoms with E-state index >= 15 is 0 Å². The molecule has 0 bridgehead atoms. The van der Waals surface area contributed by atoms with E-state index in [9.17, 15) is 14.0 Å². The average molecular weight is 338 g/mol. The van der Waals surface area contributed by atoms with Crippen LogP contribution < -0.4 is 10.6 Å². The van der Waals surface area contributed by atoms with Crippen molar-refractivity contribution in [3.8, 4) is 0 Å². The van der Waals surface area contributed by atoms with Crippen LogP contribution in [0.5, 0.6) is 0 Å². The predicted octanol–water partition coefficient (Wildman–Crippen LogP) is 2.94. The van der Waals surface area contributed by atoms with E-state index in [1.807, 2.05) is 31.2 Å². The molecule has 5 heteroatoms. The molecule has 25 heavy (non-hydrogen) atoms. The zero-order chi connectivity index (χ0) is 17.8. The third-order valence-corrected chi connectivity index (χ3v) is 4.37. The van der Waals surface area contributed by atoms with Gasteiger partial charge in [-0.05, 0) is 35.7 Å². The van der Waals surface area contributed by atoms with Crippen LogP contribution in [0.4, 0.5) is 4.39 Å². The molecule has 2 N–H and O–H groups in total. The Bertz CT molecular complexity index is 845. The fourth-order valence-corrected chi connectivity index (χ4v) is 2.94. The van der Waals surface area contributed by atoms with Crippen LogP contribution in [0.15, 0.2) is 60.3 Å². The second-order valence-corrected chi connectivity index (χ2v) is 6.09. The summed E-state index contributed by atoms with van der Waals surface area (Å²) in [5, 5.41) is 5.47. The summed E-state index contributed by atoms with van der Waals surface area (Å²) in [4.78, 5) is 24.4. The zero-order valence-corrected chi connectivity index (χ0v) is 13.9. The van der Waals surface area contributed by atoms with Crippen LogP contribution in [-0.2, 0) is 16.1 Å². The van der Waals surface area contributed by atoms with Crippen molar-refractivity contribution in [2.45, 2.75) is 25.8 Å². The maximum atomic E-state index is 13.5. The lowest BCUT2D eigenvalue weighted by Crippen LogP contribution is -2.34. The minimum Gasteiger partial charge on any atom is -0.348 e. The average Bonchev–Trinajstić information content (AvgIpc) is 2.60. The fourth-order valence-electron chi connectivity index (χ4n) is 2.94. The molecule has 3 rings (SSSR count). The number of amides is 2. The lowest BCUT2D eigenvalue weighted by Gasteiger charge is -2.24. The molecule has 4 nitrogen and oxygen atoms in total. The highest BCUT2D eigenvalue weighted by Crippen LogP contribution is 2.30. The van der Waals surface area contributed by atoms with Gasteiger partial charge in [0.15, 0.2) is 0 Å². The molecule has 0 spiro atoms. The SMILES string of the molecule is Cc1ccccc1CNC(=O)C1=CNC(=O)CC1c1cccc(F)c1. The summed E-state index contributed by atoms with van der Waals surface area (Å²) in [5.41, 5.74) is 3.17. The van der Waals surface area contributed by atoms with Crippen LogP contribution in [0.3, 0.4) is 0 Å². The molecular formula is C20H19FN2O2. The highest BCUT2D eigenvalue weighted by Gasteiger charge is 2.28. The maximum Gasteiger partial charge on any atom is 0.249 e. The number of carbonyl (C=O) groups excluding carboxylic acids is 2. The van der Waals surface area contributed by atoms with Gasteiger partial charge in [-0.3, -0.25) is 9.59 Å². The van der Waals surface area contributed by atoms with Crippen molar-refractivity contribution in [2.75, 3.05) is 0 Å². The number of benzene rings is 2. The van der Waals surface area contributed by atoms with E-state index in [1.165, 1.54) is 18.3 Å². The van der Waals surface area contributed by atoms with Crippen molar-refractivity contribution in [1.82, 2.24) is 10.6 Å². The molecule has 128 valence electrons. The Morgan fingerprint density at radius 3 is 2.80 bits per heavy atom. The summed E-state index contributed by atoms with van der Waals surface area (Å²) in [5.74, 6) is -1.30. The van der Waals surface area contributed by atoms with Crippen LogP contribution >= 0.6 is 0 Å². The number of rotatable bonds is 4. The molecule has 1 unspecified atom stereocenters. The Labute approximate surface area is 145 Å². The van der Waals surface area contributed by atoms with Crippen LogP contribution in [0.2, 0.25) is 0 Å². The highest BCUT2D eigenvalue weighted by atomic mass is 19.1. The first-order valence-electron chi connectivity index (χ1n) is 8.12. The molecule has 2 aromatic rings. The van der Waals surface area contributed by atoms with Crippen LogP contribution in [0.1, 0.15) is 29.0 Å². The summed E-state index contributed by atoms with van der Waals surface area (Å²) >= 11 is 0. The summed E-state index contributed by atoms with van der Waals surface area (Å²) < 4.78 is 13.5. The van der Waals surface area contributed by atoms with E-state index in [1.54, 1.807) is 12.1 Å². The van der Waals surface area contributed by atoms with Crippen molar-refractivity contribution in [2.24, 2.45) is 0 Å². The van der Waals surface area contributed by atoms with E-state index in [-0.39, 0.29) is 24.1 Å². The fraction of sp³-hybridized carbons (Fsp3) is 0.200. The Balaban J connectivity index is 1.79. The third kappa shape index (κ3) is 3.94. The van der Waals surface area contributed by atoms with Crippen LogP contribution in [-0.4, -0.2) is 11.8 Å². The second kappa shape index (κ2) is 7.30. The van der Waals surface area contributed by atoms with Gasteiger partial charge in [-0.25, -0.2) is 4.39 Å². The molecule has 1 aliphatic heterocycles. The molecule has 0 aliphatic carbocycles. The molecule has 0 radical (unpaired) electrons. The largest absolute Gasteiger partial charge is 0.348 e. The van der Waals surface area contributed by atoms with E-state index < -0.39 is 5.92 Å². The smallest absolute Gasteiger partial charge is 0.249 e. The monoisotopic (exact) mass is 338 g/mol. The van der Waals surface area contributed by atoms with Gasteiger partial charge in [0.1, 0.15) is 5.82 Å². The minimum absolute atomic E-state index is 0.118. The number of hydrogen-bond acceptors (Lipinski definition) is 2.